The second kappa shape index (κ2) is 7.23. The summed E-state index contributed by atoms with van der Waals surface area (Å²) in [5.41, 5.74) is 9.61. The van der Waals surface area contributed by atoms with Gasteiger partial charge >= 0.3 is 0 Å². The van der Waals surface area contributed by atoms with Crippen LogP contribution in [0.3, 0.4) is 0 Å². The molecule has 5 nitrogen and oxygen atoms in total. The zero-order valence-electron chi connectivity index (χ0n) is 15.9. The summed E-state index contributed by atoms with van der Waals surface area (Å²) in [4.78, 5) is 14.5. The highest BCUT2D eigenvalue weighted by Crippen LogP contribution is 2.38. The lowest BCUT2D eigenvalue weighted by atomic mass is 10.0. The van der Waals surface area contributed by atoms with Gasteiger partial charge in [-0.15, -0.1) is 0 Å². The van der Waals surface area contributed by atoms with Gasteiger partial charge in [0.05, 0.1) is 23.4 Å². The van der Waals surface area contributed by atoms with Crippen molar-refractivity contribution in [3.8, 4) is 5.69 Å². The van der Waals surface area contributed by atoms with Crippen molar-refractivity contribution < 1.29 is 9.18 Å². The highest BCUT2D eigenvalue weighted by molar-refractivity contribution is 6.30. The van der Waals surface area contributed by atoms with Crippen molar-refractivity contribution in [3.63, 3.8) is 0 Å². The summed E-state index contributed by atoms with van der Waals surface area (Å²) in [5, 5.41) is 5.91. The van der Waals surface area contributed by atoms with Gasteiger partial charge in [0.25, 0.3) is 0 Å². The molecule has 0 spiro atoms. The summed E-state index contributed by atoms with van der Waals surface area (Å²) in [7, 11) is 0. The first-order valence-electron chi connectivity index (χ1n) is 9.58. The molecule has 150 valence electrons. The maximum Gasteiger partial charge on any atom is 0.229 e. The predicted molar refractivity (Wildman–Crippen MR) is 115 cm³/mol. The SMILES string of the molecule is NC1CC(=O)N(c2ccc3c(cnn3-c3ccc(F)cc3)c2)C1c1cccc(Cl)c1. The van der Waals surface area contributed by atoms with Gasteiger partial charge < -0.3 is 10.6 Å². The number of halogens is 2. The summed E-state index contributed by atoms with van der Waals surface area (Å²) in [6, 6.07) is 18.7. The van der Waals surface area contributed by atoms with Crippen molar-refractivity contribution in [3.05, 3.63) is 89.3 Å². The number of rotatable bonds is 3. The molecule has 1 amide bonds. The maximum atomic E-state index is 13.3. The zero-order chi connectivity index (χ0) is 20.8. The van der Waals surface area contributed by atoms with Crippen molar-refractivity contribution in [1.29, 1.82) is 0 Å². The number of carbonyl (C=O) groups is 1. The second-order valence-electron chi connectivity index (χ2n) is 7.41. The van der Waals surface area contributed by atoms with Gasteiger partial charge in [0.15, 0.2) is 0 Å². The molecule has 1 aliphatic rings. The van der Waals surface area contributed by atoms with Crippen LogP contribution in [0.1, 0.15) is 18.0 Å². The van der Waals surface area contributed by atoms with Crippen LogP contribution >= 0.6 is 11.6 Å². The molecule has 2 unspecified atom stereocenters. The Labute approximate surface area is 177 Å². The Kier molecular flexibility index (Phi) is 4.53. The number of nitrogens with zero attached hydrogens (tertiary/aromatic N) is 3. The lowest BCUT2D eigenvalue weighted by Gasteiger charge is -2.27. The smallest absolute Gasteiger partial charge is 0.229 e. The van der Waals surface area contributed by atoms with Crippen molar-refractivity contribution in [2.75, 3.05) is 4.90 Å². The second-order valence-corrected chi connectivity index (χ2v) is 7.84. The van der Waals surface area contributed by atoms with E-state index in [4.69, 9.17) is 17.3 Å². The predicted octanol–water partition coefficient (Wildman–Crippen LogP) is 4.62. The Morgan fingerprint density at radius 3 is 2.57 bits per heavy atom. The molecule has 7 heteroatoms. The van der Waals surface area contributed by atoms with Crippen LogP contribution in [-0.4, -0.2) is 21.7 Å². The van der Waals surface area contributed by atoms with Crippen LogP contribution in [0.25, 0.3) is 16.6 Å². The largest absolute Gasteiger partial charge is 0.325 e. The van der Waals surface area contributed by atoms with Crippen LogP contribution in [0.15, 0.2) is 72.9 Å². The molecule has 2 N–H and O–H groups in total. The van der Waals surface area contributed by atoms with Gasteiger partial charge in [-0.25, -0.2) is 9.07 Å². The van der Waals surface area contributed by atoms with Crippen LogP contribution in [0.4, 0.5) is 10.1 Å². The molecule has 3 aromatic carbocycles. The molecule has 0 radical (unpaired) electrons. The summed E-state index contributed by atoms with van der Waals surface area (Å²) >= 11 is 6.17. The molecule has 4 aromatic rings. The summed E-state index contributed by atoms with van der Waals surface area (Å²) < 4.78 is 15.0. The third kappa shape index (κ3) is 3.14. The summed E-state index contributed by atoms with van der Waals surface area (Å²) in [6.45, 7) is 0. The first-order chi connectivity index (χ1) is 14.5. The van der Waals surface area contributed by atoms with Crippen molar-refractivity contribution in [2.45, 2.75) is 18.5 Å². The van der Waals surface area contributed by atoms with E-state index >= 15 is 0 Å². The minimum Gasteiger partial charge on any atom is -0.325 e. The molecule has 2 heterocycles. The van der Waals surface area contributed by atoms with E-state index in [-0.39, 0.29) is 30.2 Å². The fourth-order valence-corrected chi connectivity index (χ4v) is 4.31. The monoisotopic (exact) mass is 420 g/mol. The average molecular weight is 421 g/mol. The molecule has 1 fully saturated rings. The molecule has 1 saturated heterocycles. The Bertz CT molecular complexity index is 1250. The highest BCUT2D eigenvalue weighted by Gasteiger charge is 2.39. The van der Waals surface area contributed by atoms with Crippen LogP contribution < -0.4 is 10.6 Å². The molecule has 1 aliphatic heterocycles. The van der Waals surface area contributed by atoms with Gasteiger partial charge in [0.2, 0.25) is 5.91 Å². The fourth-order valence-electron chi connectivity index (χ4n) is 4.11. The van der Waals surface area contributed by atoms with Crippen molar-refractivity contribution in [1.82, 2.24) is 9.78 Å². The van der Waals surface area contributed by atoms with Crippen LogP contribution in [0, 0.1) is 5.82 Å². The van der Waals surface area contributed by atoms with E-state index in [0.29, 0.717) is 5.02 Å². The topological polar surface area (TPSA) is 64.2 Å². The third-order valence-corrected chi connectivity index (χ3v) is 5.69. The fraction of sp³-hybridized carbons (Fsp3) is 0.130. The van der Waals surface area contributed by atoms with Gasteiger partial charge in [-0.05, 0) is 60.2 Å². The number of amides is 1. The standard InChI is InChI=1S/C23H18ClFN4O/c24-16-3-1-2-14(10-16)23-20(26)12-22(30)28(23)19-8-9-21-15(11-19)13-27-29(21)18-6-4-17(25)5-7-18/h1-11,13,20,23H,12,26H2. The summed E-state index contributed by atoms with van der Waals surface area (Å²) in [5.74, 6) is -0.328. The van der Waals surface area contributed by atoms with E-state index in [9.17, 15) is 9.18 Å². The number of carbonyl (C=O) groups excluding carboxylic acids is 1. The Morgan fingerprint density at radius 1 is 1.03 bits per heavy atom. The van der Waals surface area contributed by atoms with E-state index < -0.39 is 0 Å². The third-order valence-electron chi connectivity index (χ3n) is 5.45. The number of nitrogens with two attached hydrogens (primary N) is 1. The van der Waals surface area contributed by atoms with E-state index in [1.165, 1.54) is 12.1 Å². The van der Waals surface area contributed by atoms with Crippen molar-refractivity contribution in [2.24, 2.45) is 5.73 Å². The molecular formula is C23H18ClFN4O. The van der Waals surface area contributed by atoms with E-state index in [1.54, 1.807) is 34.0 Å². The number of fused-ring (bicyclic) bond motifs is 1. The van der Waals surface area contributed by atoms with Gasteiger partial charge in [-0.3, -0.25) is 4.79 Å². The molecule has 30 heavy (non-hydrogen) atoms. The Morgan fingerprint density at radius 2 is 1.80 bits per heavy atom. The van der Waals surface area contributed by atoms with Crippen LogP contribution in [0.5, 0.6) is 0 Å². The molecule has 5 rings (SSSR count). The number of benzene rings is 3. The van der Waals surface area contributed by atoms with Gasteiger partial charge in [-0.2, -0.15) is 5.10 Å². The van der Waals surface area contributed by atoms with E-state index in [2.05, 4.69) is 5.10 Å². The zero-order valence-corrected chi connectivity index (χ0v) is 16.6. The molecule has 2 atom stereocenters. The minimum atomic E-state index is -0.325. The maximum absolute atomic E-state index is 13.3. The average Bonchev–Trinajstić information content (AvgIpc) is 3.28. The first kappa shape index (κ1) is 18.8. The summed E-state index contributed by atoms with van der Waals surface area (Å²) in [6.07, 6.45) is 2.00. The van der Waals surface area contributed by atoms with Gasteiger partial charge in [0, 0.05) is 28.6 Å². The number of hydrogen-bond donors (Lipinski definition) is 1. The van der Waals surface area contributed by atoms with Crippen LogP contribution in [0.2, 0.25) is 5.02 Å². The normalized spacial score (nSPS) is 19.0. The van der Waals surface area contributed by atoms with Gasteiger partial charge in [0.1, 0.15) is 5.82 Å². The molecule has 0 bridgehead atoms. The Hall–Kier alpha value is -3.22. The van der Waals surface area contributed by atoms with E-state index in [0.717, 1.165) is 27.8 Å². The number of hydrogen-bond acceptors (Lipinski definition) is 3. The number of aromatic nitrogens is 2. The van der Waals surface area contributed by atoms with Gasteiger partial charge in [-0.1, -0.05) is 23.7 Å². The van der Waals surface area contributed by atoms with E-state index in [1.807, 2.05) is 36.4 Å². The first-order valence-corrected chi connectivity index (χ1v) is 9.96. The van der Waals surface area contributed by atoms with Crippen LogP contribution in [-0.2, 0) is 4.79 Å². The number of anilines is 1. The highest BCUT2D eigenvalue weighted by atomic mass is 35.5. The van der Waals surface area contributed by atoms with Crippen molar-refractivity contribution >= 4 is 34.1 Å². The molecular weight excluding hydrogens is 403 g/mol. The lowest BCUT2D eigenvalue weighted by molar-refractivity contribution is -0.117. The lowest BCUT2D eigenvalue weighted by Crippen LogP contribution is -2.33. The molecule has 0 saturated carbocycles. The quantitative estimate of drug-likeness (QED) is 0.525. The molecule has 1 aromatic heterocycles. The molecule has 0 aliphatic carbocycles. The Balaban J connectivity index is 1.56. The minimum absolute atomic E-state index is 0.0299.